The number of hydrogen-bond donors (Lipinski definition) is 2. The van der Waals surface area contributed by atoms with Crippen LogP contribution < -0.4 is 15.8 Å². The molecule has 0 heterocycles. The fourth-order valence-electron chi connectivity index (χ4n) is 1.92. The number of primary amides is 1. The van der Waals surface area contributed by atoms with Crippen molar-refractivity contribution in [1.29, 1.82) is 5.26 Å². The largest absolute Gasteiger partial charge is 0.497 e. The number of nitrogens with zero attached hydrogens (tertiary/aromatic N) is 1. The third kappa shape index (κ3) is 3.51. The van der Waals surface area contributed by atoms with E-state index in [4.69, 9.17) is 15.7 Å². The number of carbonyl (C=O) groups excluding carboxylic acids is 1. The van der Waals surface area contributed by atoms with E-state index in [1.165, 1.54) is 0 Å². The van der Waals surface area contributed by atoms with Crippen LogP contribution in [0.25, 0.3) is 0 Å². The standard InChI is InChI=1S/C16H15N3O2/c1-21-14-8-6-13(7-9-14)19-15(16(18)20)12-4-2-11(10-17)3-5-12/h2-9,15,19H,1H3,(H2,18,20). The zero-order chi connectivity index (χ0) is 15.2. The van der Waals surface area contributed by atoms with Crippen LogP contribution in [0.2, 0.25) is 0 Å². The Labute approximate surface area is 123 Å². The first-order valence-corrected chi connectivity index (χ1v) is 6.34. The third-order valence-corrected chi connectivity index (χ3v) is 3.06. The highest BCUT2D eigenvalue weighted by atomic mass is 16.5. The van der Waals surface area contributed by atoms with E-state index in [0.29, 0.717) is 11.1 Å². The van der Waals surface area contributed by atoms with E-state index < -0.39 is 11.9 Å². The molecule has 5 nitrogen and oxygen atoms in total. The van der Waals surface area contributed by atoms with Crippen LogP contribution in [0.5, 0.6) is 5.75 Å². The number of nitrogens with one attached hydrogen (secondary N) is 1. The maximum atomic E-state index is 11.7. The number of anilines is 1. The quantitative estimate of drug-likeness (QED) is 0.879. The molecule has 0 saturated carbocycles. The summed E-state index contributed by atoms with van der Waals surface area (Å²) < 4.78 is 5.08. The van der Waals surface area contributed by atoms with Gasteiger partial charge in [-0.2, -0.15) is 5.26 Å². The molecule has 0 aliphatic carbocycles. The van der Waals surface area contributed by atoms with Gasteiger partial charge in [-0.1, -0.05) is 12.1 Å². The molecule has 2 rings (SSSR count). The normalized spacial score (nSPS) is 11.2. The molecule has 1 amide bonds. The molecule has 0 fully saturated rings. The third-order valence-electron chi connectivity index (χ3n) is 3.06. The van der Waals surface area contributed by atoms with E-state index in [9.17, 15) is 4.79 Å². The SMILES string of the molecule is COc1ccc(NC(C(N)=O)c2ccc(C#N)cc2)cc1. The Morgan fingerprint density at radius 3 is 2.29 bits per heavy atom. The predicted molar refractivity (Wildman–Crippen MR) is 79.7 cm³/mol. The second kappa shape index (κ2) is 6.44. The maximum absolute atomic E-state index is 11.7. The number of methoxy groups -OCH3 is 1. The summed E-state index contributed by atoms with van der Waals surface area (Å²) in [5.41, 5.74) is 7.45. The van der Waals surface area contributed by atoms with Crippen molar-refractivity contribution in [3.63, 3.8) is 0 Å². The highest BCUT2D eigenvalue weighted by molar-refractivity contribution is 5.84. The topological polar surface area (TPSA) is 88.1 Å². The lowest BCUT2D eigenvalue weighted by atomic mass is 10.0. The van der Waals surface area contributed by atoms with Gasteiger partial charge in [0.25, 0.3) is 0 Å². The summed E-state index contributed by atoms with van der Waals surface area (Å²) in [6.45, 7) is 0. The molecule has 0 spiro atoms. The summed E-state index contributed by atoms with van der Waals surface area (Å²) in [4.78, 5) is 11.7. The predicted octanol–water partition coefficient (Wildman–Crippen LogP) is 2.21. The molecular weight excluding hydrogens is 266 g/mol. The van der Waals surface area contributed by atoms with Gasteiger partial charge in [-0.25, -0.2) is 0 Å². The van der Waals surface area contributed by atoms with E-state index >= 15 is 0 Å². The van der Waals surface area contributed by atoms with E-state index in [-0.39, 0.29) is 0 Å². The van der Waals surface area contributed by atoms with Gasteiger partial charge in [-0.3, -0.25) is 4.79 Å². The van der Waals surface area contributed by atoms with Crippen molar-refractivity contribution in [1.82, 2.24) is 0 Å². The van der Waals surface area contributed by atoms with Crippen molar-refractivity contribution >= 4 is 11.6 Å². The number of amides is 1. The molecule has 5 heteroatoms. The van der Waals surface area contributed by atoms with Gasteiger partial charge in [0.15, 0.2) is 0 Å². The zero-order valence-corrected chi connectivity index (χ0v) is 11.5. The van der Waals surface area contributed by atoms with Crippen LogP contribution in [0, 0.1) is 11.3 Å². The molecule has 0 aliphatic rings. The van der Waals surface area contributed by atoms with Crippen molar-refractivity contribution in [2.75, 3.05) is 12.4 Å². The number of benzene rings is 2. The van der Waals surface area contributed by atoms with Crippen LogP contribution in [0.4, 0.5) is 5.69 Å². The number of carbonyl (C=O) groups is 1. The molecule has 0 radical (unpaired) electrons. The van der Waals surface area contributed by atoms with Gasteiger partial charge in [0.2, 0.25) is 5.91 Å². The number of nitrogens with two attached hydrogens (primary N) is 1. The number of hydrogen-bond acceptors (Lipinski definition) is 4. The van der Waals surface area contributed by atoms with Gasteiger partial charge in [0.1, 0.15) is 11.8 Å². The summed E-state index contributed by atoms with van der Waals surface area (Å²) in [5, 5.41) is 11.9. The lowest BCUT2D eigenvalue weighted by Crippen LogP contribution is -2.27. The summed E-state index contributed by atoms with van der Waals surface area (Å²) >= 11 is 0. The van der Waals surface area contributed by atoms with E-state index in [1.807, 2.05) is 6.07 Å². The molecule has 0 aromatic heterocycles. The van der Waals surface area contributed by atoms with Crippen molar-refractivity contribution in [3.8, 4) is 11.8 Å². The number of nitriles is 1. The molecule has 2 aromatic carbocycles. The van der Waals surface area contributed by atoms with E-state index in [2.05, 4.69) is 5.32 Å². The Morgan fingerprint density at radius 1 is 1.19 bits per heavy atom. The van der Waals surface area contributed by atoms with Crippen molar-refractivity contribution in [2.24, 2.45) is 5.73 Å². The van der Waals surface area contributed by atoms with Crippen LogP contribution in [0.1, 0.15) is 17.2 Å². The summed E-state index contributed by atoms with van der Waals surface area (Å²) in [6.07, 6.45) is 0. The average Bonchev–Trinajstić information content (AvgIpc) is 2.53. The Bertz CT molecular complexity index is 657. The van der Waals surface area contributed by atoms with Crippen molar-refractivity contribution in [2.45, 2.75) is 6.04 Å². The Morgan fingerprint density at radius 2 is 1.81 bits per heavy atom. The minimum absolute atomic E-state index is 0.490. The van der Waals surface area contributed by atoms with Gasteiger partial charge >= 0.3 is 0 Å². The van der Waals surface area contributed by atoms with E-state index in [0.717, 1.165) is 11.4 Å². The molecule has 21 heavy (non-hydrogen) atoms. The minimum Gasteiger partial charge on any atom is -0.497 e. The van der Waals surface area contributed by atoms with Crippen LogP contribution in [0.3, 0.4) is 0 Å². The molecule has 2 aromatic rings. The summed E-state index contributed by atoms with van der Waals surface area (Å²) in [7, 11) is 1.59. The lowest BCUT2D eigenvalue weighted by molar-refractivity contribution is -0.118. The van der Waals surface area contributed by atoms with Gasteiger partial charge in [0.05, 0.1) is 18.7 Å². The second-order valence-electron chi connectivity index (χ2n) is 4.44. The molecular formula is C16H15N3O2. The number of rotatable bonds is 5. The second-order valence-corrected chi connectivity index (χ2v) is 4.44. The Kier molecular flexibility index (Phi) is 4.42. The van der Waals surface area contributed by atoms with Crippen LogP contribution in [0.15, 0.2) is 48.5 Å². The number of ether oxygens (including phenoxy) is 1. The van der Waals surface area contributed by atoms with E-state index in [1.54, 1.807) is 55.6 Å². The first-order chi connectivity index (χ1) is 10.1. The fraction of sp³-hybridized carbons (Fsp3) is 0.125. The van der Waals surface area contributed by atoms with Gasteiger partial charge < -0.3 is 15.8 Å². The summed E-state index contributed by atoms with van der Waals surface area (Å²) in [6, 6.07) is 15.3. The highest BCUT2D eigenvalue weighted by Gasteiger charge is 2.17. The summed E-state index contributed by atoms with van der Waals surface area (Å²) in [5.74, 6) is 0.241. The molecule has 3 N–H and O–H groups in total. The lowest BCUT2D eigenvalue weighted by Gasteiger charge is -2.17. The van der Waals surface area contributed by atoms with Crippen molar-refractivity contribution < 1.29 is 9.53 Å². The van der Waals surface area contributed by atoms with Crippen LogP contribution in [-0.2, 0) is 4.79 Å². The minimum atomic E-state index is -0.661. The Balaban J connectivity index is 2.22. The zero-order valence-electron chi connectivity index (χ0n) is 11.5. The smallest absolute Gasteiger partial charge is 0.244 e. The van der Waals surface area contributed by atoms with Gasteiger partial charge in [-0.05, 0) is 42.0 Å². The fourth-order valence-corrected chi connectivity index (χ4v) is 1.92. The molecule has 0 saturated heterocycles. The molecule has 1 atom stereocenters. The average molecular weight is 281 g/mol. The Hall–Kier alpha value is -3.00. The van der Waals surface area contributed by atoms with Gasteiger partial charge in [-0.15, -0.1) is 0 Å². The first kappa shape index (κ1) is 14.4. The molecule has 106 valence electrons. The molecule has 0 aliphatic heterocycles. The highest BCUT2D eigenvalue weighted by Crippen LogP contribution is 2.22. The van der Waals surface area contributed by atoms with Crippen molar-refractivity contribution in [3.05, 3.63) is 59.7 Å². The van der Waals surface area contributed by atoms with Crippen LogP contribution in [-0.4, -0.2) is 13.0 Å². The molecule has 0 bridgehead atoms. The monoisotopic (exact) mass is 281 g/mol. The van der Waals surface area contributed by atoms with Crippen LogP contribution >= 0.6 is 0 Å². The van der Waals surface area contributed by atoms with Gasteiger partial charge in [0, 0.05) is 5.69 Å². The maximum Gasteiger partial charge on any atom is 0.244 e. The first-order valence-electron chi connectivity index (χ1n) is 6.34. The molecule has 1 unspecified atom stereocenters.